The molecule has 0 aromatic carbocycles. The molecule has 0 saturated heterocycles. The zero-order valence-electron chi connectivity index (χ0n) is 9.70. The van der Waals surface area contributed by atoms with Crippen LogP contribution in [-0.4, -0.2) is 30.3 Å². The van der Waals surface area contributed by atoms with Gasteiger partial charge in [-0.25, -0.2) is 13.1 Å². The maximum Gasteiger partial charge on any atom is 0.259 e. The van der Waals surface area contributed by atoms with Crippen LogP contribution in [-0.2, 0) is 16.4 Å². The van der Waals surface area contributed by atoms with Gasteiger partial charge >= 0.3 is 0 Å². The molecule has 18 heavy (non-hydrogen) atoms. The van der Waals surface area contributed by atoms with Crippen molar-refractivity contribution in [1.82, 2.24) is 20.1 Å². The van der Waals surface area contributed by atoms with Crippen molar-refractivity contribution in [3.63, 3.8) is 0 Å². The van der Waals surface area contributed by atoms with Gasteiger partial charge in [-0.05, 0) is 25.5 Å². The third kappa shape index (κ3) is 3.11. The van der Waals surface area contributed by atoms with E-state index in [0.29, 0.717) is 12.1 Å². The third-order valence-electron chi connectivity index (χ3n) is 2.24. The number of aryl methyl sites for hydroxylation is 1. The second-order valence-electron chi connectivity index (χ2n) is 3.69. The van der Waals surface area contributed by atoms with Crippen LogP contribution in [0.4, 0.5) is 0 Å². The predicted octanol–water partition coefficient (Wildman–Crippen LogP) is 0.294. The van der Waals surface area contributed by atoms with Gasteiger partial charge in [-0.2, -0.15) is 5.10 Å². The lowest BCUT2D eigenvalue weighted by molar-refractivity contribution is 0.419. The Bertz CT molecular complexity index is 593. The fourth-order valence-electron chi connectivity index (χ4n) is 1.28. The van der Waals surface area contributed by atoms with E-state index in [1.54, 1.807) is 19.2 Å². The number of hydrogen-bond donors (Lipinski definition) is 1. The summed E-state index contributed by atoms with van der Waals surface area (Å²) >= 11 is 0. The van der Waals surface area contributed by atoms with Gasteiger partial charge in [-0.3, -0.25) is 0 Å². The molecule has 0 spiro atoms. The summed E-state index contributed by atoms with van der Waals surface area (Å²) in [4.78, 5) is 0. The summed E-state index contributed by atoms with van der Waals surface area (Å²) in [6, 6.07) is 3.02. The summed E-state index contributed by atoms with van der Waals surface area (Å²) in [5, 5.41) is 10.8. The Morgan fingerprint density at radius 3 is 2.78 bits per heavy atom. The van der Waals surface area contributed by atoms with Crippen molar-refractivity contribution in [2.75, 3.05) is 6.54 Å². The SMILES string of the molecule is Cc1ccc(S(=O)(=O)NCCc2cnoc2)nn1. The molecule has 0 unspecified atom stereocenters. The van der Waals surface area contributed by atoms with Crippen LogP contribution in [0.1, 0.15) is 11.3 Å². The van der Waals surface area contributed by atoms with Crippen LogP contribution in [0, 0.1) is 6.92 Å². The first kappa shape index (κ1) is 12.7. The molecule has 0 saturated carbocycles. The maximum absolute atomic E-state index is 11.8. The van der Waals surface area contributed by atoms with E-state index in [2.05, 4.69) is 24.6 Å². The molecule has 0 aliphatic heterocycles. The molecule has 0 atom stereocenters. The summed E-state index contributed by atoms with van der Waals surface area (Å²) in [7, 11) is -3.60. The predicted molar refractivity (Wildman–Crippen MR) is 62.2 cm³/mol. The smallest absolute Gasteiger partial charge is 0.259 e. The van der Waals surface area contributed by atoms with Crippen molar-refractivity contribution in [3.8, 4) is 0 Å². The van der Waals surface area contributed by atoms with E-state index < -0.39 is 10.0 Å². The van der Waals surface area contributed by atoms with Gasteiger partial charge in [-0.15, -0.1) is 5.10 Å². The van der Waals surface area contributed by atoms with Gasteiger partial charge in [-0.1, -0.05) is 5.16 Å². The molecule has 2 heterocycles. The Morgan fingerprint density at radius 1 is 1.33 bits per heavy atom. The second-order valence-corrected chi connectivity index (χ2v) is 5.41. The van der Waals surface area contributed by atoms with Crippen molar-refractivity contribution in [2.45, 2.75) is 18.4 Å². The highest BCUT2D eigenvalue weighted by atomic mass is 32.2. The van der Waals surface area contributed by atoms with Gasteiger partial charge in [0.25, 0.3) is 10.0 Å². The molecule has 2 aromatic heterocycles. The largest absolute Gasteiger partial charge is 0.364 e. The molecule has 0 amide bonds. The van der Waals surface area contributed by atoms with E-state index in [4.69, 9.17) is 0 Å². The van der Waals surface area contributed by atoms with Crippen molar-refractivity contribution >= 4 is 10.0 Å². The summed E-state index contributed by atoms with van der Waals surface area (Å²) in [5.41, 5.74) is 1.49. The first-order valence-corrected chi connectivity index (χ1v) is 6.74. The Labute approximate surface area is 104 Å². The molecule has 8 heteroatoms. The molecule has 0 aliphatic carbocycles. The minimum atomic E-state index is -3.60. The van der Waals surface area contributed by atoms with Gasteiger partial charge in [0.2, 0.25) is 0 Å². The minimum Gasteiger partial charge on any atom is -0.364 e. The summed E-state index contributed by atoms with van der Waals surface area (Å²) < 4.78 is 30.7. The average molecular weight is 268 g/mol. The topological polar surface area (TPSA) is 98.0 Å². The lowest BCUT2D eigenvalue weighted by atomic mass is 10.3. The summed E-state index contributed by atoms with van der Waals surface area (Å²) in [5.74, 6) is 0. The van der Waals surface area contributed by atoms with Gasteiger partial charge in [0.15, 0.2) is 5.03 Å². The van der Waals surface area contributed by atoms with Crippen molar-refractivity contribution in [2.24, 2.45) is 0 Å². The van der Waals surface area contributed by atoms with Crippen molar-refractivity contribution < 1.29 is 12.9 Å². The lowest BCUT2D eigenvalue weighted by Crippen LogP contribution is -2.27. The fourth-order valence-corrected chi connectivity index (χ4v) is 2.20. The quantitative estimate of drug-likeness (QED) is 0.837. The standard InChI is InChI=1S/C10H12N4O3S/c1-8-2-3-10(14-13-8)18(15,16)12-5-4-9-6-11-17-7-9/h2-3,6-7,12H,4-5H2,1H3. The highest BCUT2D eigenvalue weighted by Crippen LogP contribution is 2.04. The van der Waals surface area contributed by atoms with E-state index in [-0.39, 0.29) is 11.6 Å². The number of aromatic nitrogens is 3. The Hall–Kier alpha value is -1.80. The zero-order valence-corrected chi connectivity index (χ0v) is 10.5. The molecule has 7 nitrogen and oxygen atoms in total. The average Bonchev–Trinajstić information content (AvgIpc) is 2.82. The van der Waals surface area contributed by atoms with Crippen LogP contribution in [0.15, 0.2) is 34.1 Å². The first-order chi connectivity index (χ1) is 8.58. The highest BCUT2D eigenvalue weighted by molar-refractivity contribution is 7.89. The number of hydrogen-bond acceptors (Lipinski definition) is 6. The Balaban J connectivity index is 1.97. The maximum atomic E-state index is 11.8. The van der Waals surface area contributed by atoms with Crippen molar-refractivity contribution in [1.29, 1.82) is 0 Å². The van der Waals surface area contributed by atoms with Crippen LogP contribution in [0.5, 0.6) is 0 Å². The summed E-state index contributed by atoms with van der Waals surface area (Å²) in [6.45, 7) is 1.99. The number of nitrogens with one attached hydrogen (secondary N) is 1. The summed E-state index contributed by atoms with van der Waals surface area (Å²) in [6.07, 6.45) is 3.52. The van der Waals surface area contributed by atoms with Gasteiger partial charge < -0.3 is 4.52 Å². The van der Waals surface area contributed by atoms with Crippen LogP contribution >= 0.6 is 0 Å². The van der Waals surface area contributed by atoms with Gasteiger partial charge in [0.05, 0.1) is 11.9 Å². The number of nitrogens with zero attached hydrogens (tertiary/aromatic N) is 3. The third-order valence-corrected chi connectivity index (χ3v) is 3.59. The van der Waals surface area contributed by atoms with Gasteiger partial charge in [0.1, 0.15) is 6.26 Å². The number of rotatable bonds is 5. The Morgan fingerprint density at radius 2 is 2.17 bits per heavy atom. The number of sulfonamides is 1. The van der Waals surface area contributed by atoms with E-state index in [1.165, 1.54) is 12.3 Å². The van der Waals surface area contributed by atoms with E-state index in [0.717, 1.165) is 5.56 Å². The van der Waals surface area contributed by atoms with E-state index >= 15 is 0 Å². The molecule has 96 valence electrons. The molecule has 2 aromatic rings. The van der Waals surface area contributed by atoms with Crippen LogP contribution in [0.3, 0.4) is 0 Å². The molecular formula is C10H12N4O3S. The fraction of sp³-hybridized carbons (Fsp3) is 0.300. The molecular weight excluding hydrogens is 256 g/mol. The van der Waals surface area contributed by atoms with Crippen LogP contribution in [0.25, 0.3) is 0 Å². The first-order valence-electron chi connectivity index (χ1n) is 5.26. The van der Waals surface area contributed by atoms with E-state index in [9.17, 15) is 8.42 Å². The van der Waals surface area contributed by atoms with Crippen LogP contribution in [0.2, 0.25) is 0 Å². The molecule has 0 radical (unpaired) electrons. The zero-order chi connectivity index (χ0) is 13.0. The van der Waals surface area contributed by atoms with Crippen molar-refractivity contribution in [3.05, 3.63) is 35.9 Å². The highest BCUT2D eigenvalue weighted by Gasteiger charge is 2.15. The second kappa shape index (κ2) is 5.23. The van der Waals surface area contributed by atoms with Crippen LogP contribution < -0.4 is 4.72 Å². The normalized spacial score (nSPS) is 11.6. The van der Waals surface area contributed by atoms with Gasteiger partial charge in [0, 0.05) is 12.1 Å². The molecule has 0 bridgehead atoms. The molecule has 0 fully saturated rings. The monoisotopic (exact) mass is 268 g/mol. The molecule has 2 rings (SSSR count). The van der Waals surface area contributed by atoms with E-state index in [1.807, 2.05) is 0 Å². The lowest BCUT2D eigenvalue weighted by Gasteiger charge is -2.04. The Kier molecular flexibility index (Phi) is 3.68. The molecule has 1 N–H and O–H groups in total. The molecule has 0 aliphatic rings. The minimum absolute atomic E-state index is 0.0848.